The van der Waals surface area contributed by atoms with Gasteiger partial charge in [-0.1, -0.05) is 69.6 Å². The molecule has 52 heavy (non-hydrogen) atoms. The molecule has 0 saturated heterocycles. The maximum atomic E-state index is 13.3. The van der Waals surface area contributed by atoms with Crippen LogP contribution in [0, 0.1) is 0 Å². The Balaban J connectivity index is 3.00. The van der Waals surface area contributed by atoms with Crippen molar-refractivity contribution >= 4 is 24.1 Å². The molecule has 10 nitrogen and oxygen atoms in total. The van der Waals surface area contributed by atoms with Crippen molar-refractivity contribution in [1.82, 2.24) is 9.80 Å². The predicted octanol–water partition coefficient (Wildman–Crippen LogP) is 10.2. The van der Waals surface area contributed by atoms with Gasteiger partial charge in [-0.2, -0.15) is 0 Å². The summed E-state index contributed by atoms with van der Waals surface area (Å²) in [7, 11) is 0. The molecule has 0 aromatic carbocycles. The number of ether oxygens (including phenoxy) is 4. The predicted molar refractivity (Wildman–Crippen MR) is 208 cm³/mol. The van der Waals surface area contributed by atoms with E-state index in [1.54, 1.807) is 9.80 Å². The Labute approximate surface area is 315 Å². The zero-order valence-electron chi connectivity index (χ0n) is 33.9. The molecule has 0 bridgehead atoms. The molecule has 1 rings (SSSR count). The molecule has 0 aliphatic carbocycles. The maximum Gasteiger partial charge on any atom is 0.410 e. The third kappa shape index (κ3) is 23.3. The average Bonchev–Trinajstić information content (AvgIpc) is 3.04. The molecule has 0 unspecified atom stereocenters. The highest BCUT2D eigenvalue weighted by atomic mass is 16.6. The zero-order chi connectivity index (χ0) is 38.8. The van der Waals surface area contributed by atoms with Crippen LogP contribution in [-0.4, -0.2) is 83.5 Å². The van der Waals surface area contributed by atoms with Gasteiger partial charge in [-0.15, -0.1) is 0 Å². The average molecular weight is 733 g/mol. The van der Waals surface area contributed by atoms with Crippen molar-refractivity contribution < 1.29 is 38.1 Å². The van der Waals surface area contributed by atoms with Gasteiger partial charge in [-0.25, -0.2) is 9.59 Å². The summed E-state index contributed by atoms with van der Waals surface area (Å²) in [5.41, 5.74) is -1.26. The van der Waals surface area contributed by atoms with Gasteiger partial charge >= 0.3 is 24.1 Å². The van der Waals surface area contributed by atoms with Gasteiger partial charge in [-0.3, -0.25) is 9.59 Å². The summed E-state index contributed by atoms with van der Waals surface area (Å²) in [5.74, 6) is -0.524. The van der Waals surface area contributed by atoms with Crippen LogP contribution in [0.15, 0.2) is 36.5 Å². The Morgan fingerprint density at radius 3 is 1.60 bits per heavy atom. The third-order valence-corrected chi connectivity index (χ3v) is 8.41. The lowest BCUT2D eigenvalue weighted by atomic mass is 10.0. The van der Waals surface area contributed by atoms with E-state index < -0.39 is 17.3 Å². The molecule has 2 atom stereocenters. The molecular weight excluding hydrogens is 660 g/mol. The number of carbonyl (C=O) groups is 4. The van der Waals surface area contributed by atoms with Gasteiger partial charge in [0, 0.05) is 24.9 Å². The molecular formula is C42H72N2O8. The van der Waals surface area contributed by atoms with Crippen molar-refractivity contribution in [2.45, 2.75) is 181 Å². The fourth-order valence-corrected chi connectivity index (χ4v) is 5.92. The summed E-state index contributed by atoms with van der Waals surface area (Å²) in [6.45, 7) is 16.2. The van der Waals surface area contributed by atoms with Gasteiger partial charge < -0.3 is 28.7 Å². The number of esters is 2. The van der Waals surface area contributed by atoms with Crippen LogP contribution in [0.4, 0.5) is 9.59 Å². The van der Waals surface area contributed by atoms with E-state index in [-0.39, 0.29) is 49.9 Å². The van der Waals surface area contributed by atoms with Gasteiger partial charge in [0.25, 0.3) is 0 Å². The first kappa shape index (κ1) is 46.7. The Hall–Kier alpha value is -3.30. The molecule has 1 aliphatic rings. The fraction of sp³-hybridized carbons (Fsp3) is 0.762. The number of nitrogens with zero attached hydrogens (tertiary/aromatic N) is 2. The van der Waals surface area contributed by atoms with Crippen molar-refractivity contribution in [3.05, 3.63) is 36.5 Å². The van der Waals surface area contributed by atoms with E-state index in [4.69, 9.17) is 18.9 Å². The SMILES string of the molecule is CCC[C@H]1CCCC/C=C\CCCC(=O)OCCN(C(=O)OC(C)(C)C)[C@@H](CCC)C/C=C\C/C=C\CCCC(=O)OCCN1C(=O)OC(C)(C)C. The van der Waals surface area contributed by atoms with Crippen LogP contribution < -0.4 is 0 Å². The van der Waals surface area contributed by atoms with Crippen LogP contribution in [0.5, 0.6) is 0 Å². The molecule has 0 radical (unpaired) electrons. The summed E-state index contributed by atoms with van der Waals surface area (Å²) in [6, 6.07) is -0.0779. The molecule has 0 fully saturated rings. The fourth-order valence-electron chi connectivity index (χ4n) is 5.92. The standard InChI is InChI=1S/C42H72N2O8/c1-9-25-35-27-21-17-13-11-15-19-24-30-38(46)50-34-32-44(40(48)52-42(6,7)8)36(26-10-2)28-22-18-14-12-16-20-23-29-37(45)49-33-31-43(35)39(47)51-41(3,4)5/h11-12,15-17,21,35-36H,9-10,13-14,18-20,22-34H2,1-8H3/b15-11-,16-12-,21-17-/t35-,36-/m0/s1. The normalized spacial score (nSPS) is 23.0. The molecule has 298 valence electrons. The second-order valence-electron chi connectivity index (χ2n) is 15.6. The van der Waals surface area contributed by atoms with Crippen molar-refractivity contribution in [2.75, 3.05) is 26.3 Å². The van der Waals surface area contributed by atoms with Crippen molar-refractivity contribution in [3.8, 4) is 0 Å². The lowest BCUT2D eigenvalue weighted by molar-refractivity contribution is -0.145. The monoisotopic (exact) mass is 733 g/mol. The van der Waals surface area contributed by atoms with E-state index in [2.05, 4.69) is 50.3 Å². The second-order valence-corrected chi connectivity index (χ2v) is 15.6. The van der Waals surface area contributed by atoms with E-state index in [1.165, 1.54) is 0 Å². The van der Waals surface area contributed by atoms with Gasteiger partial charge in [0.2, 0.25) is 0 Å². The molecule has 2 amide bonds. The molecule has 10 heteroatoms. The topological polar surface area (TPSA) is 112 Å². The van der Waals surface area contributed by atoms with E-state index in [9.17, 15) is 19.2 Å². The highest BCUT2D eigenvalue weighted by Gasteiger charge is 2.29. The highest BCUT2D eigenvalue weighted by molar-refractivity contribution is 5.71. The summed E-state index contributed by atoms with van der Waals surface area (Å²) in [5, 5.41) is 0. The summed E-state index contributed by atoms with van der Waals surface area (Å²) >= 11 is 0. The van der Waals surface area contributed by atoms with Crippen LogP contribution in [0.1, 0.15) is 158 Å². The Bertz CT molecular complexity index is 1120. The molecule has 1 heterocycles. The summed E-state index contributed by atoms with van der Waals surface area (Å²) in [4.78, 5) is 55.0. The van der Waals surface area contributed by atoms with Gasteiger partial charge in [-0.05, 0) is 112 Å². The Morgan fingerprint density at radius 2 is 1.10 bits per heavy atom. The second kappa shape index (κ2) is 26.5. The third-order valence-electron chi connectivity index (χ3n) is 8.41. The largest absolute Gasteiger partial charge is 0.464 e. The molecule has 0 spiro atoms. The smallest absolute Gasteiger partial charge is 0.410 e. The number of hydrogen-bond acceptors (Lipinski definition) is 8. The van der Waals surface area contributed by atoms with Gasteiger partial charge in [0.1, 0.15) is 24.4 Å². The molecule has 0 aromatic heterocycles. The van der Waals surface area contributed by atoms with E-state index in [1.807, 2.05) is 41.5 Å². The minimum Gasteiger partial charge on any atom is -0.464 e. The quantitative estimate of drug-likeness (QED) is 0.160. The van der Waals surface area contributed by atoms with E-state index in [0.29, 0.717) is 38.6 Å². The maximum absolute atomic E-state index is 13.3. The van der Waals surface area contributed by atoms with E-state index in [0.717, 1.165) is 70.6 Å². The zero-order valence-corrected chi connectivity index (χ0v) is 33.9. The Kier molecular flexibility index (Phi) is 23.8. The van der Waals surface area contributed by atoms with E-state index >= 15 is 0 Å². The first-order valence-corrected chi connectivity index (χ1v) is 19.9. The van der Waals surface area contributed by atoms with Crippen LogP contribution >= 0.6 is 0 Å². The Morgan fingerprint density at radius 1 is 0.654 bits per heavy atom. The van der Waals surface area contributed by atoms with Crippen molar-refractivity contribution in [1.29, 1.82) is 0 Å². The van der Waals surface area contributed by atoms with Crippen molar-refractivity contribution in [3.63, 3.8) is 0 Å². The first-order chi connectivity index (χ1) is 24.7. The van der Waals surface area contributed by atoms with Crippen molar-refractivity contribution in [2.24, 2.45) is 0 Å². The minimum absolute atomic E-state index is 0.00168. The number of carbonyl (C=O) groups excluding carboxylic acids is 4. The number of allylic oxidation sites excluding steroid dienone is 5. The number of rotatable bonds is 4. The van der Waals surface area contributed by atoms with Gasteiger partial charge in [0.15, 0.2) is 0 Å². The van der Waals surface area contributed by atoms with Gasteiger partial charge in [0.05, 0.1) is 13.1 Å². The van der Waals surface area contributed by atoms with Crippen LogP contribution in [-0.2, 0) is 28.5 Å². The highest BCUT2D eigenvalue weighted by Crippen LogP contribution is 2.21. The number of cyclic esters (lactones) is 2. The summed E-state index contributed by atoms with van der Waals surface area (Å²) < 4.78 is 22.6. The van der Waals surface area contributed by atoms with Crippen LogP contribution in [0.3, 0.4) is 0 Å². The molecule has 0 N–H and O–H groups in total. The molecule has 0 saturated carbocycles. The van der Waals surface area contributed by atoms with Crippen LogP contribution in [0.25, 0.3) is 0 Å². The van der Waals surface area contributed by atoms with Crippen LogP contribution in [0.2, 0.25) is 0 Å². The lowest BCUT2D eigenvalue weighted by Crippen LogP contribution is -2.45. The lowest BCUT2D eigenvalue weighted by Gasteiger charge is -2.33. The number of hydrogen-bond donors (Lipinski definition) is 0. The minimum atomic E-state index is -0.635. The number of amides is 2. The summed E-state index contributed by atoms with van der Waals surface area (Å²) in [6.07, 6.45) is 23.9. The molecule has 1 aliphatic heterocycles. The first-order valence-electron chi connectivity index (χ1n) is 19.9. The molecule has 0 aromatic rings.